The number of aryl methyl sites for hydroxylation is 1. The van der Waals surface area contributed by atoms with Crippen LogP contribution in [-0.2, 0) is 29.1 Å². The summed E-state index contributed by atoms with van der Waals surface area (Å²) in [5.74, 6) is -0.494. The van der Waals surface area contributed by atoms with E-state index in [1.54, 1.807) is 60.3 Å². The van der Waals surface area contributed by atoms with Gasteiger partial charge in [-0.15, -0.1) is 12.4 Å². The van der Waals surface area contributed by atoms with Crippen molar-refractivity contribution >= 4 is 102 Å². The van der Waals surface area contributed by atoms with Crippen LogP contribution in [0, 0.1) is 54.1 Å². The van der Waals surface area contributed by atoms with E-state index in [1.807, 2.05) is 18.4 Å². The summed E-state index contributed by atoms with van der Waals surface area (Å²) in [7, 11) is -4.04. The number of carbonyl (C=O) groups is 2. The summed E-state index contributed by atoms with van der Waals surface area (Å²) in [4.78, 5) is 56.5. The Balaban J connectivity index is 0.000000190. The van der Waals surface area contributed by atoms with Crippen molar-refractivity contribution in [1.29, 1.82) is 0 Å². The fraction of sp³-hybridized carbons (Fsp3) is 0.404. The first-order valence-corrected chi connectivity index (χ1v) is 27.9. The topological polar surface area (TPSA) is 195 Å². The van der Waals surface area contributed by atoms with E-state index in [0.717, 1.165) is 71.9 Å². The zero-order valence-corrected chi connectivity index (χ0v) is 45.2. The highest BCUT2D eigenvalue weighted by molar-refractivity contribution is 7.90. The lowest BCUT2D eigenvalue weighted by atomic mass is 9.61. The highest BCUT2D eigenvalue weighted by Gasteiger charge is 2.51. The maximum atomic E-state index is 15.4. The molecule has 8 aromatic heterocycles. The van der Waals surface area contributed by atoms with Gasteiger partial charge in [0.25, 0.3) is 10.0 Å². The second-order valence-corrected chi connectivity index (χ2v) is 23.1. The van der Waals surface area contributed by atoms with E-state index in [0.29, 0.717) is 55.8 Å². The molecule has 4 atom stereocenters. The van der Waals surface area contributed by atoms with Crippen LogP contribution < -0.4 is 0 Å². The Morgan fingerprint density at radius 2 is 1.10 bits per heavy atom. The van der Waals surface area contributed by atoms with Gasteiger partial charge in [0.05, 0.1) is 62.8 Å². The van der Waals surface area contributed by atoms with Crippen LogP contribution in [0.4, 0.5) is 8.78 Å². The molecule has 16 nitrogen and oxygen atoms in total. The lowest BCUT2D eigenvalue weighted by Crippen LogP contribution is -2.45. The standard InChI is InChI=1S/C31H29ClFN5O4S.C24H23ClFN5O2.2CH4.ClH/c1-3-42-31(39)26-18-6-8-19(9-7-18)27(26)37-16-25(33)23-14-34-28(36-30(23)37)24-15-38(29-22(24)12-20(32)13-35-29)43(40,41)21-10-4-17(2)5-11-21;1-2-33-24(32)19-12-3-5-13(6-4-12)20(19)31-11-18(26)17-10-29-22(30-23(17)31)16-9-28-21-15(16)7-14(25)8-27-21;;;/h4-5,10-16,18-19,26-27H,3,6-9H2,1-2H3;7-13,19-20H,2-6H2,1H3,(H,27,28);2*1H4;1H/t18?,19?,26-,27-;12?,13?,19-,20-;;;/m00.../s1. The third-order valence-corrected chi connectivity index (χ3v) is 18.4. The second kappa shape index (κ2) is 22.5. The summed E-state index contributed by atoms with van der Waals surface area (Å²) in [6.45, 7) is 6.10. The maximum absolute atomic E-state index is 15.4. The molecule has 15 rings (SSSR count). The number of nitrogens with zero attached hydrogens (tertiary/aromatic N) is 9. The molecule has 6 aliphatic rings. The molecule has 6 aliphatic carbocycles. The SMILES string of the molecule is C.C.CCOC(=O)[C@H]1C2CCC(CC2)[C@@H]1n1cc(F)c2cnc(-c3c[nH]c4ncc(Cl)cc34)nc21.CCOC(=O)[C@H]1C2CCC(CC2)[C@@H]1n1cc(F)c2cnc(-c3cn(S(=O)(=O)c4ccc(C)cc4)c4ncc(Cl)cc34)nc21.Cl. The summed E-state index contributed by atoms with van der Waals surface area (Å²) in [5.41, 5.74) is 3.71. The molecular formula is C57H61Cl3F2N10O6S. The van der Waals surface area contributed by atoms with Crippen molar-refractivity contribution in [3.8, 4) is 22.8 Å². The van der Waals surface area contributed by atoms with Gasteiger partial charge in [0.1, 0.15) is 16.9 Å². The molecule has 0 spiro atoms. The number of benzene rings is 1. The van der Waals surface area contributed by atoms with Gasteiger partial charge in [-0.25, -0.2) is 51.1 Å². The van der Waals surface area contributed by atoms with Crippen LogP contribution >= 0.6 is 35.6 Å². The van der Waals surface area contributed by atoms with Gasteiger partial charge < -0.3 is 23.6 Å². The average molecular weight is 1160 g/mol. The van der Waals surface area contributed by atoms with Crippen LogP contribution in [0.1, 0.15) is 97.7 Å². The van der Waals surface area contributed by atoms with Crippen LogP contribution in [0.25, 0.3) is 66.9 Å². The van der Waals surface area contributed by atoms with Crippen LogP contribution in [0.2, 0.25) is 10.0 Å². The number of esters is 2. The van der Waals surface area contributed by atoms with Gasteiger partial charge in [-0.05, 0) is 120 Å². The number of pyridine rings is 2. The molecule has 0 saturated heterocycles. The van der Waals surface area contributed by atoms with Gasteiger partial charge in [-0.3, -0.25) is 9.59 Å². The molecule has 6 saturated carbocycles. The number of H-pyrrole nitrogens is 1. The molecule has 79 heavy (non-hydrogen) atoms. The summed E-state index contributed by atoms with van der Waals surface area (Å²) in [6, 6.07) is 9.48. The zero-order valence-electron chi connectivity index (χ0n) is 42.1. The van der Waals surface area contributed by atoms with Gasteiger partial charge in [0.2, 0.25) is 0 Å². The molecule has 9 aromatic rings. The van der Waals surface area contributed by atoms with Crippen molar-refractivity contribution in [1.82, 2.24) is 48.0 Å². The maximum Gasteiger partial charge on any atom is 0.311 e. The third-order valence-electron chi connectivity index (χ3n) is 16.3. The highest BCUT2D eigenvalue weighted by Crippen LogP contribution is 2.54. The number of hydrogen-bond donors (Lipinski definition) is 1. The number of carbonyl (C=O) groups excluding carboxylic acids is 2. The minimum atomic E-state index is -4.04. The van der Waals surface area contributed by atoms with Crippen LogP contribution in [0.5, 0.6) is 0 Å². The molecule has 416 valence electrons. The molecule has 8 heterocycles. The Morgan fingerprint density at radius 1 is 0.633 bits per heavy atom. The van der Waals surface area contributed by atoms with Crippen molar-refractivity contribution in [2.75, 3.05) is 13.2 Å². The van der Waals surface area contributed by atoms with E-state index in [4.69, 9.17) is 42.6 Å². The summed E-state index contributed by atoms with van der Waals surface area (Å²) in [6.07, 6.45) is 19.8. The Morgan fingerprint density at radius 3 is 1.61 bits per heavy atom. The lowest BCUT2D eigenvalue weighted by Gasteiger charge is -2.47. The number of ether oxygens (including phenoxy) is 2. The number of hydrogen-bond acceptors (Lipinski definition) is 12. The fourth-order valence-corrected chi connectivity index (χ4v) is 14.5. The van der Waals surface area contributed by atoms with Gasteiger partial charge in [0.15, 0.2) is 28.9 Å². The van der Waals surface area contributed by atoms with Gasteiger partial charge in [-0.1, -0.05) is 55.8 Å². The first-order chi connectivity index (χ1) is 36.7. The summed E-state index contributed by atoms with van der Waals surface area (Å²) in [5, 5.41) is 2.61. The van der Waals surface area contributed by atoms with Crippen LogP contribution in [0.15, 0.2) is 90.9 Å². The molecule has 0 unspecified atom stereocenters. The van der Waals surface area contributed by atoms with Crippen molar-refractivity contribution < 1.29 is 36.3 Å². The molecular weight excluding hydrogens is 1100 g/mol. The normalized spacial score (nSPS) is 22.2. The first-order valence-electron chi connectivity index (χ1n) is 25.7. The van der Waals surface area contributed by atoms with Crippen LogP contribution in [-0.4, -0.2) is 81.6 Å². The van der Waals surface area contributed by atoms with E-state index < -0.39 is 21.8 Å². The Bertz CT molecular complexity index is 3870. The van der Waals surface area contributed by atoms with E-state index in [9.17, 15) is 18.0 Å². The van der Waals surface area contributed by atoms with Crippen molar-refractivity contribution in [2.24, 2.45) is 35.5 Å². The molecule has 22 heteroatoms. The quantitative estimate of drug-likeness (QED) is 0.128. The molecule has 0 radical (unpaired) electrons. The Labute approximate surface area is 472 Å². The van der Waals surface area contributed by atoms with Crippen molar-refractivity contribution in [3.63, 3.8) is 0 Å². The van der Waals surface area contributed by atoms with Crippen LogP contribution in [0.3, 0.4) is 0 Å². The number of aromatic amines is 1. The predicted octanol–water partition coefficient (Wildman–Crippen LogP) is 13.3. The monoisotopic (exact) mass is 1160 g/mol. The number of nitrogens with one attached hydrogen (secondary N) is 1. The van der Waals surface area contributed by atoms with E-state index in [2.05, 4.69) is 24.9 Å². The lowest BCUT2D eigenvalue weighted by molar-refractivity contribution is -0.158. The number of fused-ring (bicyclic) bond motifs is 10. The van der Waals surface area contributed by atoms with Crippen molar-refractivity contribution in [3.05, 3.63) is 113 Å². The van der Waals surface area contributed by atoms with E-state index in [1.165, 1.54) is 37.2 Å². The number of halogens is 5. The Kier molecular flexibility index (Phi) is 16.3. The van der Waals surface area contributed by atoms with Crippen molar-refractivity contribution in [2.45, 2.75) is 104 Å². The van der Waals surface area contributed by atoms with Gasteiger partial charge >= 0.3 is 11.9 Å². The smallest absolute Gasteiger partial charge is 0.311 e. The molecule has 6 fully saturated rings. The third kappa shape index (κ3) is 9.92. The predicted molar refractivity (Wildman–Crippen MR) is 302 cm³/mol. The first kappa shape index (κ1) is 57.2. The summed E-state index contributed by atoms with van der Waals surface area (Å²) >= 11 is 12.5. The fourth-order valence-electron chi connectivity index (χ4n) is 12.9. The van der Waals surface area contributed by atoms with Gasteiger partial charge in [0, 0.05) is 71.5 Å². The number of aromatic nitrogens is 10. The largest absolute Gasteiger partial charge is 0.466 e. The highest BCUT2D eigenvalue weighted by atomic mass is 35.5. The summed E-state index contributed by atoms with van der Waals surface area (Å²) < 4.78 is 73.5. The second-order valence-electron chi connectivity index (χ2n) is 20.5. The van der Waals surface area contributed by atoms with E-state index in [-0.39, 0.29) is 115 Å². The Hall–Kier alpha value is -6.54. The minimum Gasteiger partial charge on any atom is -0.466 e. The average Bonchev–Trinajstić information content (AvgIpc) is 4.28. The molecule has 1 N–H and O–H groups in total. The number of rotatable bonds is 10. The zero-order chi connectivity index (χ0) is 52.7. The molecule has 0 amide bonds. The minimum absolute atomic E-state index is 0. The van der Waals surface area contributed by atoms with Gasteiger partial charge in [-0.2, -0.15) is 0 Å². The van der Waals surface area contributed by atoms with E-state index >= 15 is 8.78 Å². The molecule has 4 bridgehead atoms. The molecule has 1 aromatic carbocycles. The molecule has 0 aliphatic heterocycles.